The Morgan fingerprint density at radius 1 is 1.25 bits per heavy atom. The summed E-state index contributed by atoms with van der Waals surface area (Å²) < 4.78 is 9.54. The second-order valence-electron chi connectivity index (χ2n) is 3.71. The van der Waals surface area contributed by atoms with Gasteiger partial charge in [-0.2, -0.15) is 0 Å². The lowest BCUT2D eigenvalue weighted by Gasteiger charge is -1.96. The summed E-state index contributed by atoms with van der Waals surface area (Å²) in [6.45, 7) is 0. The average molecular weight is 210 g/mol. The Morgan fingerprint density at radius 2 is 2.12 bits per heavy atom. The zero-order valence-electron chi connectivity index (χ0n) is 9.88. The SMILES string of the molecule is [2H]c1nccc(-c2cn(C)c3ccccc23)n1. The molecule has 0 spiro atoms. The normalized spacial score (nSPS) is 11.7. The Hall–Kier alpha value is -2.16. The lowest BCUT2D eigenvalue weighted by molar-refractivity contribution is 0.969. The second-order valence-corrected chi connectivity index (χ2v) is 3.71. The van der Waals surface area contributed by atoms with Crippen LogP contribution in [0.3, 0.4) is 0 Å². The Labute approximate surface area is 94.8 Å². The molecular formula is C13H11N3. The third-order valence-electron chi connectivity index (χ3n) is 2.71. The summed E-state index contributed by atoms with van der Waals surface area (Å²) in [7, 11) is 2.01. The van der Waals surface area contributed by atoms with Gasteiger partial charge in [0.25, 0.3) is 0 Å². The molecule has 16 heavy (non-hydrogen) atoms. The fraction of sp³-hybridized carbons (Fsp3) is 0.0769. The minimum absolute atomic E-state index is 0.0513. The fourth-order valence-electron chi connectivity index (χ4n) is 1.96. The molecule has 3 heteroatoms. The standard InChI is InChI=1S/C13H11N3/c1-16-8-11(12-6-7-14-9-15-12)10-4-2-3-5-13(10)16/h2-9H,1H3/i9D. The van der Waals surface area contributed by atoms with Crippen molar-refractivity contribution in [3.63, 3.8) is 0 Å². The minimum Gasteiger partial charge on any atom is -0.350 e. The zero-order valence-corrected chi connectivity index (χ0v) is 8.88. The maximum atomic E-state index is 7.47. The van der Waals surface area contributed by atoms with Crippen molar-refractivity contribution in [2.24, 2.45) is 7.05 Å². The third-order valence-corrected chi connectivity index (χ3v) is 2.71. The molecule has 0 unspecified atom stereocenters. The van der Waals surface area contributed by atoms with Gasteiger partial charge in [-0.25, -0.2) is 9.97 Å². The van der Waals surface area contributed by atoms with E-state index in [0.717, 1.165) is 22.2 Å². The van der Waals surface area contributed by atoms with E-state index in [-0.39, 0.29) is 6.30 Å². The molecule has 3 nitrogen and oxygen atoms in total. The number of hydrogen-bond acceptors (Lipinski definition) is 2. The Balaban J connectivity index is 2.31. The summed E-state index contributed by atoms with van der Waals surface area (Å²) in [4.78, 5) is 7.95. The number of rotatable bonds is 1. The van der Waals surface area contributed by atoms with E-state index in [4.69, 9.17) is 1.37 Å². The van der Waals surface area contributed by atoms with Crippen molar-refractivity contribution >= 4 is 10.9 Å². The number of hydrogen-bond donors (Lipinski definition) is 0. The van der Waals surface area contributed by atoms with Crippen molar-refractivity contribution in [2.45, 2.75) is 0 Å². The van der Waals surface area contributed by atoms with Crippen LogP contribution in [0.1, 0.15) is 1.37 Å². The number of fused-ring (bicyclic) bond motifs is 1. The lowest BCUT2D eigenvalue weighted by Crippen LogP contribution is -1.83. The first-order valence-corrected chi connectivity index (χ1v) is 5.10. The van der Waals surface area contributed by atoms with E-state index in [1.807, 2.05) is 31.4 Å². The van der Waals surface area contributed by atoms with Gasteiger partial charge in [0.15, 0.2) is 0 Å². The topological polar surface area (TPSA) is 30.7 Å². The van der Waals surface area contributed by atoms with Crippen LogP contribution in [-0.2, 0) is 7.05 Å². The van der Waals surface area contributed by atoms with E-state index < -0.39 is 0 Å². The molecule has 0 N–H and O–H groups in total. The predicted octanol–water partition coefficient (Wildman–Crippen LogP) is 2.64. The molecule has 0 aliphatic heterocycles. The maximum absolute atomic E-state index is 7.47. The van der Waals surface area contributed by atoms with E-state index in [0.29, 0.717) is 0 Å². The zero-order chi connectivity index (χ0) is 11.8. The van der Waals surface area contributed by atoms with Gasteiger partial charge in [0, 0.05) is 35.9 Å². The fourth-order valence-corrected chi connectivity index (χ4v) is 1.96. The summed E-state index contributed by atoms with van der Waals surface area (Å²) in [6.07, 6.45) is 3.70. The Kier molecular flexibility index (Phi) is 1.74. The maximum Gasteiger partial charge on any atom is 0.116 e. The molecule has 0 saturated heterocycles. The van der Waals surface area contributed by atoms with Gasteiger partial charge in [-0.15, -0.1) is 0 Å². The highest BCUT2D eigenvalue weighted by Crippen LogP contribution is 2.27. The van der Waals surface area contributed by atoms with Crippen LogP contribution in [0.25, 0.3) is 22.2 Å². The van der Waals surface area contributed by atoms with E-state index in [1.165, 1.54) is 0 Å². The molecule has 2 heterocycles. The van der Waals surface area contributed by atoms with Gasteiger partial charge < -0.3 is 4.57 Å². The molecule has 0 aliphatic rings. The first-order valence-electron chi connectivity index (χ1n) is 5.60. The van der Waals surface area contributed by atoms with Crippen LogP contribution < -0.4 is 0 Å². The van der Waals surface area contributed by atoms with Crippen molar-refractivity contribution in [3.8, 4) is 11.3 Å². The third kappa shape index (κ3) is 1.29. The number of aryl methyl sites for hydroxylation is 1. The summed E-state index contributed by atoms with van der Waals surface area (Å²) in [5.41, 5.74) is 2.99. The first-order chi connectivity index (χ1) is 8.25. The van der Waals surface area contributed by atoms with Crippen LogP contribution in [0.15, 0.2) is 49.0 Å². The molecule has 0 bridgehead atoms. The van der Waals surface area contributed by atoms with Gasteiger partial charge in [0.1, 0.15) is 7.67 Å². The molecule has 0 fully saturated rings. The Bertz CT molecular complexity index is 688. The summed E-state index contributed by atoms with van der Waals surface area (Å²) in [5, 5.41) is 1.15. The van der Waals surface area contributed by atoms with Crippen molar-refractivity contribution in [2.75, 3.05) is 0 Å². The number of aromatic nitrogens is 3. The summed E-state index contributed by atoms with van der Waals surface area (Å²) >= 11 is 0. The van der Waals surface area contributed by atoms with E-state index in [1.54, 1.807) is 6.20 Å². The van der Waals surface area contributed by atoms with Gasteiger partial charge in [0.05, 0.1) is 5.69 Å². The number of para-hydroxylation sites is 1. The van der Waals surface area contributed by atoms with E-state index >= 15 is 0 Å². The number of nitrogens with zero attached hydrogens (tertiary/aromatic N) is 3. The first kappa shape index (κ1) is 8.05. The molecule has 0 amide bonds. The highest BCUT2D eigenvalue weighted by molar-refractivity contribution is 5.94. The number of benzene rings is 1. The average Bonchev–Trinajstić information content (AvgIpc) is 2.68. The molecule has 0 aliphatic carbocycles. The van der Waals surface area contributed by atoms with Crippen LogP contribution in [0.4, 0.5) is 0 Å². The van der Waals surface area contributed by atoms with Gasteiger partial charge in [-0.05, 0) is 12.1 Å². The molecule has 78 valence electrons. The van der Waals surface area contributed by atoms with Crippen LogP contribution in [0.2, 0.25) is 0 Å². The Morgan fingerprint density at radius 3 is 3.00 bits per heavy atom. The molecule has 0 radical (unpaired) electrons. The van der Waals surface area contributed by atoms with Gasteiger partial charge in [-0.3, -0.25) is 0 Å². The van der Waals surface area contributed by atoms with Crippen LogP contribution in [-0.4, -0.2) is 14.5 Å². The quantitative estimate of drug-likeness (QED) is 0.618. The second kappa shape index (κ2) is 3.45. The highest BCUT2D eigenvalue weighted by atomic mass is 14.9. The van der Waals surface area contributed by atoms with Gasteiger partial charge >= 0.3 is 0 Å². The van der Waals surface area contributed by atoms with Gasteiger partial charge in [-0.1, -0.05) is 18.2 Å². The van der Waals surface area contributed by atoms with Crippen molar-refractivity contribution in [1.82, 2.24) is 14.5 Å². The molecular weight excluding hydrogens is 198 g/mol. The van der Waals surface area contributed by atoms with Crippen LogP contribution in [0.5, 0.6) is 0 Å². The highest BCUT2D eigenvalue weighted by Gasteiger charge is 2.07. The predicted molar refractivity (Wildman–Crippen MR) is 63.9 cm³/mol. The molecule has 3 rings (SSSR count). The molecule has 0 atom stereocenters. The lowest BCUT2D eigenvalue weighted by atomic mass is 10.1. The van der Waals surface area contributed by atoms with E-state index in [2.05, 4.69) is 26.7 Å². The largest absolute Gasteiger partial charge is 0.350 e. The minimum atomic E-state index is 0.0513. The molecule has 3 aromatic rings. The summed E-state index contributed by atoms with van der Waals surface area (Å²) in [5.74, 6) is 0. The van der Waals surface area contributed by atoms with Crippen LogP contribution >= 0.6 is 0 Å². The molecule has 0 saturated carbocycles. The van der Waals surface area contributed by atoms with Crippen molar-refractivity contribution in [1.29, 1.82) is 0 Å². The van der Waals surface area contributed by atoms with E-state index in [9.17, 15) is 0 Å². The summed E-state index contributed by atoms with van der Waals surface area (Å²) in [6, 6.07) is 9.99. The molecule has 1 aromatic carbocycles. The van der Waals surface area contributed by atoms with Crippen molar-refractivity contribution < 1.29 is 1.37 Å². The monoisotopic (exact) mass is 210 g/mol. The smallest absolute Gasteiger partial charge is 0.116 e. The molecule has 2 aromatic heterocycles. The van der Waals surface area contributed by atoms with Gasteiger partial charge in [0.2, 0.25) is 0 Å². The van der Waals surface area contributed by atoms with Crippen LogP contribution in [0, 0.1) is 0 Å². The van der Waals surface area contributed by atoms with Crippen molar-refractivity contribution in [3.05, 3.63) is 49.0 Å².